The first-order valence-corrected chi connectivity index (χ1v) is 47.9. The summed E-state index contributed by atoms with van der Waals surface area (Å²) in [6.07, 6.45) is 11.3. The van der Waals surface area contributed by atoms with E-state index in [9.17, 15) is 56.6 Å². The molecule has 15 rings (SSSR count). The number of amides is 7. The second-order valence-electron chi connectivity index (χ2n) is 35.9. The summed E-state index contributed by atoms with van der Waals surface area (Å²) in [6.45, 7) is 26.9. The fraction of sp³-hybridized carbons (Fsp3) is 0.436. The quantitative estimate of drug-likeness (QED) is 0.0242. The topological polar surface area (TPSA) is 312 Å². The number of carboxylic acid groups (broad SMARTS) is 1. The number of likely N-dealkylation sites (N-methyl/N-ethyl adjacent to an activating group) is 3. The van der Waals surface area contributed by atoms with Crippen LogP contribution in [0.3, 0.4) is 0 Å². The third-order valence-corrected chi connectivity index (χ3v) is 22.1. The summed E-state index contributed by atoms with van der Waals surface area (Å²) in [4.78, 5) is 119. The van der Waals surface area contributed by atoms with Gasteiger partial charge in [-0.25, -0.2) is 41.6 Å². The molecule has 29 nitrogen and oxygen atoms in total. The Kier molecular flexibility index (Phi) is 33.7. The fourth-order valence-corrected chi connectivity index (χ4v) is 14.8. The van der Waals surface area contributed by atoms with Gasteiger partial charge in [0.1, 0.15) is 54.2 Å². The van der Waals surface area contributed by atoms with E-state index < -0.39 is 66.7 Å². The zero-order chi connectivity index (χ0) is 92.2. The van der Waals surface area contributed by atoms with Crippen molar-refractivity contribution in [2.45, 2.75) is 146 Å². The van der Waals surface area contributed by atoms with Crippen LogP contribution in [0, 0.1) is 17.5 Å². The largest absolute Gasteiger partial charge is 0.480 e. The van der Waals surface area contributed by atoms with Crippen LogP contribution in [0.4, 0.5) is 22.8 Å². The van der Waals surface area contributed by atoms with E-state index in [0.717, 1.165) is 66.4 Å². The third-order valence-electron chi connectivity index (χ3n) is 22.1. The van der Waals surface area contributed by atoms with Gasteiger partial charge in [0.2, 0.25) is 11.8 Å². The van der Waals surface area contributed by atoms with Crippen LogP contribution in [0.2, 0.25) is 19.6 Å². The first-order valence-electron chi connectivity index (χ1n) is 43.3. The molecule has 34 heteroatoms. The number of ether oxygens (including phenoxy) is 2. The van der Waals surface area contributed by atoms with Crippen molar-refractivity contribution in [2.24, 2.45) is 0 Å². The SMILES string of the molecule is CC(C)(C)OC(=O)N(C[C@H](NC(=O)c1ccc(-n2cccn2)cc1)C(=O)O)[C@@H]1C[C@H]1c1ccc(F)cc1.CN1CCN(C(=O)[C@H](CN(C(=O)OC(C)(C)C)[C@@H]2C[C@H]2c2ccc(F)cc2)NC(=O)c2ccc(-n3cccn3)cc2)CC1.CN1CCN(C(=O)[C@H](CNC2C[C@H]2c2ccc(F)cc2)NC(=O)c2ccc(-n3cccn3)cc2)CC1.CN1CCNCC1.C[Si](C)(C)Cl. The molecular formula is C94H120ClF3N18O11Si. The molecule has 3 aromatic heterocycles. The van der Waals surface area contributed by atoms with Gasteiger partial charge >= 0.3 is 18.2 Å². The lowest BCUT2D eigenvalue weighted by Crippen LogP contribution is -2.58. The zero-order valence-corrected chi connectivity index (χ0v) is 76.6. The number of hydrogen-bond acceptors (Lipinski definition) is 18. The molecule has 3 aliphatic carbocycles. The average Bonchev–Trinajstić information content (AvgIpc) is 1.53. The van der Waals surface area contributed by atoms with Crippen LogP contribution in [0.1, 0.15) is 126 Å². The van der Waals surface area contributed by atoms with Crippen LogP contribution in [0.25, 0.3) is 17.1 Å². The Balaban J connectivity index is 0.000000175. The molecule has 3 saturated heterocycles. The first kappa shape index (κ1) is 97.0. The minimum atomic E-state index is -1.37. The van der Waals surface area contributed by atoms with Crippen molar-refractivity contribution >= 4 is 66.2 Å². The van der Waals surface area contributed by atoms with Crippen molar-refractivity contribution in [1.82, 2.24) is 90.2 Å². The van der Waals surface area contributed by atoms with Gasteiger partial charge in [0.25, 0.3) is 17.7 Å². The highest BCUT2D eigenvalue weighted by Crippen LogP contribution is 2.47. The number of carboxylic acids is 1. The van der Waals surface area contributed by atoms with E-state index in [-0.39, 0.29) is 89.7 Å². The lowest BCUT2D eigenvalue weighted by Gasteiger charge is -2.36. The summed E-state index contributed by atoms with van der Waals surface area (Å²) < 4.78 is 56.5. The second-order valence-corrected chi connectivity index (χ2v) is 43.4. The van der Waals surface area contributed by atoms with Crippen LogP contribution < -0.4 is 26.6 Å². The maximum Gasteiger partial charge on any atom is 0.410 e. The molecule has 9 aromatic rings. The lowest BCUT2D eigenvalue weighted by molar-refractivity contribution is -0.140. The number of halogens is 4. The molecule has 0 bridgehead atoms. The van der Waals surface area contributed by atoms with Gasteiger partial charge in [0.15, 0.2) is 0 Å². The minimum absolute atomic E-state index is 0.0296. The van der Waals surface area contributed by atoms with Gasteiger partial charge in [-0.1, -0.05) is 56.0 Å². The number of nitrogens with one attached hydrogen (secondary N) is 5. The van der Waals surface area contributed by atoms with Gasteiger partial charge < -0.3 is 75.5 Å². The molecule has 7 amide bonds. The minimum Gasteiger partial charge on any atom is -0.480 e. The number of hydrogen-bond donors (Lipinski definition) is 6. The van der Waals surface area contributed by atoms with Gasteiger partial charge in [-0.15, -0.1) is 0 Å². The van der Waals surface area contributed by atoms with Gasteiger partial charge in [-0.2, -0.15) is 26.4 Å². The third kappa shape index (κ3) is 29.7. The molecular weight excluding hydrogens is 1680 g/mol. The highest BCUT2D eigenvalue weighted by molar-refractivity contribution is 7.18. The Morgan fingerprint density at radius 1 is 0.461 bits per heavy atom. The molecule has 6 aromatic carbocycles. The average molecular weight is 1800 g/mol. The van der Waals surface area contributed by atoms with Crippen molar-refractivity contribution < 1.29 is 66.1 Å². The zero-order valence-electron chi connectivity index (χ0n) is 74.8. The van der Waals surface area contributed by atoms with Crippen LogP contribution in [0.5, 0.6) is 0 Å². The Morgan fingerprint density at radius 3 is 1.09 bits per heavy atom. The van der Waals surface area contributed by atoms with E-state index in [0.29, 0.717) is 69.8 Å². The predicted octanol–water partition coefficient (Wildman–Crippen LogP) is 11.3. The predicted molar refractivity (Wildman–Crippen MR) is 486 cm³/mol. The molecule has 6 aliphatic rings. The molecule has 3 saturated carbocycles. The first-order chi connectivity index (χ1) is 60.9. The standard InChI is InChI=1S/C32H39FN6O4.C27H31FN6O2.C27H29FN4O5.C5H12N2.C3H9ClSi/c1-32(2,3)43-31(42)38(28-20-26(28)22-6-10-24(33)11-7-22)21-27(30(41)37-18-16-36(4)17-19-37)35-29(40)23-8-12-25(13-9-23)39-15-5-14-34-39;1-32-13-15-33(16-14-32)27(36)25(18-29-24-17-23(24)19-3-7-21(28)8-4-19)31-26(35)20-5-9-22(10-6-20)34-12-2-11-30-34;1-27(2,3)37-26(36)31(23-15-21(23)17-5-9-19(28)10-6-17)16-22(25(34)35)30-24(33)18-7-11-20(12-8-18)32-14-4-13-29-32;1-7-4-2-6-3-5-7;1-5(2,3)4/h5-15,26-28H,16-21H2,1-4H3,(H,35,40);2-12,23-25,29H,13-18H2,1H3,(H,31,35);4-14,21-23H,15-16H2,1-3H3,(H,30,33)(H,34,35);6H,2-5H2,1H3;1-3H3/t26-,27-,28+;23-,24?,25-;21-,22-,23+;;/m000../s1. The molecule has 1 unspecified atom stereocenters. The van der Waals surface area contributed by atoms with Gasteiger partial charge in [-0.3, -0.25) is 24.0 Å². The summed E-state index contributed by atoms with van der Waals surface area (Å²) >= 11 is 5.67. The highest BCUT2D eigenvalue weighted by Gasteiger charge is 2.50. The van der Waals surface area contributed by atoms with Crippen molar-refractivity contribution in [3.8, 4) is 17.1 Å². The molecule has 684 valence electrons. The maximum atomic E-state index is 13.9. The van der Waals surface area contributed by atoms with Crippen LogP contribution in [-0.4, -0.2) is 291 Å². The summed E-state index contributed by atoms with van der Waals surface area (Å²) in [5.41, 5.74) is 4.79. The molecule has 128 heavy (non-hydrogen) atoms. The van der Waals surface area contributed by atoms with Gasteiger partial charge in [-0.05, 0) is 226 Å². The van der Waals surface area contributed by atoms with E-state index in [4.69, 9.17) is 20.6 Å². The van der Waals surface area contributed by atoms with Crippen LogP contribution in [0.15, 0.2) is 201 Å². The van der Waals surface area contributed by atoms with Gasteiger partial charge in [0, 0.05) is 175 Å². The van der Waals surface area contributed by atoms with Crippen molar-refractivity contribution in [2.75, 3.05) is 119 Å². The van der Waals surface area contributed by atoms with E-state index in [2.05, 4.69) is 83.3 Å². The van der Waals surface area contributed by atoms with Crippen LogP contribution in [-0.2, 0) is 23.9 Å². The molecule has 9 atom stereocenters. The molecule has 3 aliphatic heterocycles. The Morgan fingerprint density at radius 2 is 0.773 bits per heavy atom. The number of carbonyl (C=O) groups excluding carboxylic acids is 7. The highest BCUT2D eigenvalue weighted by atomic mass is 35.6. The number of rotatable bonds is 24. The number of benzene rings is 6. The van der Waals surface area contributed by atoms with E-state index in [1.807, 2.05) is 67.8 Å². The molecule has 0 spiro atoms. The number of carbonyl (C=O) groups is 8. The van der Waals surface area contributed by atoms with Crippen LogP contribution >= 0.6 is 11.1 Å². The Bertz CT molecular complexity index is 5080. The second kappa shape index (κ2) is 44.4. The monoisotopic (exact) mass is 1800 g/mol. The summed E-state index contributed by atoms with van der Waals surface area (Å²) in [6, 6.07) is 41.4. The molecule has 0 radical (unpaired) electrons. The number of nitrogens with zero attached hydrogens (tertiary/aromatic N) is 13. The van der Waals surface area contributed by atoms with Crippen molar-refractivity contribution in [3.63, 3.8) is 0 Å². The molecule has 6 N–H and O–H groups in total. The van der Waals surface area contributed by atoms with Crippen molar-refractivity contribution in [3.05, 3.63) is 252 Å². The Labute approximate surface area is 752 Å². The van der Waals surface area contributed by atoms with E-state index in [1.54, 1.807) is 181 Å². The number of aliphatic carboxylic acids is 1. The molecule has 6 fully saturated rings. The number of piperazine rings is 3. The van der Waals surface area contributed by atoms with E-state index >= 15 is 0 Å². The smallest absolute Gasteiger partial charge is 0.410 e. The molecule has 6 heterocycles. The summed E-state index contributed by atoms with van der Waals surface area (Å²) in [5.74, 6) is -3.68. The van der Waals surface area contributed by atoms with E-state index in [1.165, 1.54) is 54.4 Å². The summed E-state index contributed by atoms with van der Waals surface area (Å²) in [7, 11) is 5.06. The fourth-order valence-electron chi connectivity index (χ4n) is 14.8. The normalized spacial score (nSPS) is 19.2. The number of aromatic nitrogens is 6. The van der Waals surface area contributed by atoms with Gasteiger partial charge in [0.05, 0.1) is 30.2 Å². The van der Waals surface area contributed by atoms with Crippen molar-refractivity contribution in [1.29, 1.82) is 0 Å². The maximum absolute atomic E-state index is 13.9. The Hall–Kier alpha value is -11.6. The lowest BCUT2D eigenvalue weighted by atomic mass is 10.1. The summed E-state index contributed by atoms with van der Waals surface area (Å²) in [5, 5.41) is 37.6.